The highest BCUT2D eigenvalue weighted by Crippen LogP contribution is 2.38. The highest BCUT2D eigenvalue weighted by atomic mass is 35.5. The van der Waals surface area contributed by atoms with Gasteiger partial charge in [0.2, 0.25) is 5.75 Å². The van der Waals surface area contributed by atoms with Gasteiger partial charge in [0.25, 0.3) is 0 Å². The van der Waals surface area contributed by atoms with Crippen LogP contribution < -0.4 is 19.1 Å². The minimum atomic E-state index is 0.592. The summed E-state index contributed by atoms with van der Waals surface area (Å²) in [5.41, 5.74) is 2.12. The highest BCUT2D eigenvalue weighted by molar-refractivity contribution is 6.43. The Labute approximate surface area is 170 Å². The van der Waals surface area contributed by atoms with Gasteiger partial charge in [-0.2, -0.15) is 0 Å². The van der Waals surface area contributed by atoms with Gasteiger partial charge in [-0.25, -0.2) is 0 Å². The van der Waals surface area contributed by atoms with Crippen LogP contribution in [0.25, 0.3) is 0 Å². The van der Waals surface area contributed by atoms with E-state index in [0.717, 1.165) is 44.0 Å². The van der Waals surface area contributed by atoms with Crippen LogP contribution in [-0.4, -0.2) is 52.4 Å². The molecule has 0 unspecified atom stereocenters. The Balaban J connectivity index is 1.68. The lowest BCUT2D eigenvalue weighted by atomic mass is 10.1. The fraction of sp³-hybridized carbons (Fsp3) is 0.400. The molecule has 146 valence electrons. The van der Waals surface area contributed by atoms with Crippen LogP contribution in [0.2, 0.25) is 10.0 Å². The van der Waals surface area contributed by atoms with E-state index in [1.807, 2.05) is 30.3 Å². The van der Waals surface area contributed by atoms with E-state index in [2.05, 4.69) is 9.80 Å². The molecule has 1 heterocycles. The maximum absolute atomic E-state index is 6.36. The van der Waals surface area contributed by atoms with Crippen LogP contribution >= 0.6 is 23.2 Å². The van der Waals surface area contributed by atoms with E-state index in [0.29, 0.717) is 27.3 Å². The number of nitrogens with zero attached hydrogens (tertiary/aromatic N) is 2. The molecule has 1 aliphatic heterocycles. The SMILES string of the molecule is COc1cc(CN2CCN(c3cccc(Cl)c3Cl)CC2)cc(OC)c1OC. The number of hydrogen-bond acceptors (Lipinski definition) is 5. The summed E-state index contributed by atoms with van der Waals surface area (Å²) in [6.45, 7) is 4.46. The van der Waals surface area contributed by atoms with E-state index >= 15 is 0 Å². The molecule has 0 bridgehead atoms. The predicted octanol–water partition coefficient (Wildman–Crippen LogP) is 4.34. The molecular formula is C20H24Cl2N2O3. The van der Waals surface area contributed by atoms with Crippen LogP contribution in [0.1, 0.15) is 5.56 Å². The van der Waals surface area contributed by atoms with E-state index in [1.54, 1.807) is 21.3 Å². The number of methoxy groups -OCH3 is 3. The van der Waals surface area contributed by atoms with Gasteiger partial charge in [0.15, 0.2) is 11.5 Å². The molecular weight excluding hydrogens is 387 g/mol. The summed E-state index contributed by atoms with van der Waals surface area (Å²) >= 11 is 12.5. The number of rotatable bonds is 6. The second-order valence-corrected chi connectivity index (χ2v) is 7.15. The first-order valence-electron chi connectivity index (χ1n) is 8.77. The molecule has 5 nitrogen and oxygen atoms in total. The van der Waals surface area contributed by atoms with E-state index in [4.69, 9.17) is 37.4 Å². The smallest absolute Gasteiger partial charge is 0.203 e. The quantitative estimate of drug-likeness (QED) is 0.707. The predicted molar refractivity (Wildman–Crippen MR) is 110 cm³/mol. The van der Waals surface area contributed by atoms with Crippen molar-refractivity contribution >= 4 is 28.9 Å². The van der Waals surface area contributed by atoms with Gasteiger partial charge in [-0.15, -0.1) is 0 Å². The topological polar surface area (TPSA) is 34.2 Å². The zero-order valence-corrected chi connectivity index (χ0v) is 17.3. The first kappa shape index (κ1) is 19.9. The fourth-order valence-electron chi connectivity index (χ4n) is 3.37. The Bertz CT molecular complexity index is 768. The third-order valence-corrected chi connectivity index (χ3v) is 5.58. The molecule has 1 fully saturated rings. The van der Waals surface area contributed by atoms with Crippen LogP contribution in [0.5, 0.6) is 17.2 Å². The summed E-state index contributed by atoms with van der Waals surface area (Å²) in [6, 6.07) is 9.77. The second-order valence-electron chi connectivity index (χ2n) is 6.37. The lowest BCUT2D eigenvalue weighted by Crippen LogP contribution is -2.46. The third-order valence-electron chi connectivity index (χ3n) is 4.77. The van der Waals surface area contributed by atoms with Crippen LogP contribution in [-0.2, 0) is 6.54 Å². The Morgan fingerprint density at radius 3 is 2.07 bits per heavy atom. The monoisotopic (exact) mass is 410 g/mol. The Kier molecular flexibility index (Phi) is 6.58. The van der Waals surface area contributed by atoms with Gasteiger partial charge in [-0.3, -0.25) is 4.90 Å². The van der Waals surface area contributed by atoms with Gasteiger partial charge in [0, 0.05) is 32.7 Å². The Morgan fingerprint density at radius 1 is 0.889 bits per heavy atom. The highest BCUT2D eigenvalue weighted by Gasteiger charge is 2.21. The van der Waals surface area contributed by atoms with Crippen LogP contribution in [0.15, 0.2) is 30.3 Å². The molecule has 0 saturated carbocycles. The molecule has 0 radical (unpaired) electrons. The van der Waals surface area contributed by atoms with Crippen molar-refractivity contribution in [3.05, 3.63) is 45.9 Å². The number of hydrogen-bond donors (Lipinski definition) is 0. The van der Waals surface area contributed by atoms with Gasteiger partial charge in [-0.05, 0) is 29.8 Å². The van der Waals surface area contributed by atoms with E-state index < -0.39 is 0 Å². The van der Waals surface area contributed by atoms with Gasteiger partial charge in [-0.1, -0.05) is 29.3 Å². The number of halogens is 2. The zero-order valence-electron chi connectivity index (χ0n) is 15.8. The maximum Gasteiger partial charge on any atom is 0.203 e. The molecule has 1 aliphatic rings. The normalized spacial score (nSPS) is 14.9. The first-order chi connectivity index (χ1) is 13.1. The molecule has 3 rings (SSSR count). The Hall–Kier alpha value is -1.82. The summed E-state index contributed by atoms with van der Waals surface area (Å²) in [6.07, 6.45) is 0. The average molecular weight is 411 g/mol. The minimum absolute atomic E-state index is 0.592. The van der Waals surface area contributed by atoms with Gasteiger partial charge < -0.3 is 19.1 Å². The summed E-state index contributed by atoms with van der Waals surface area (Å²) in [5.74, 6) is 1.97. The third kappa shape index (κ3) is 4.37. The molecule has 1 saturated heterocycles. The second kappa shape index (κ2) is 8.91. The van der Waals surface area contributed by atoms with E-state index in [9.17, 15) is 0 Å². The lowest BCUT2D eigenvalue weighted by Gasteiger charge is -2.36. The van der Waals surface area contributed by atoms with Crippen molar-refractivity contribution in [3.63, 3.8) is 0 Å². The molecule has 2 aromatic rings. The summed E-state index contributed by atoms with van der Waals surface area (Å²) < 4.78 is 16.3. The molecule has 0 spiro atoms. The molecule has 0 aliphatic carbocycles. The molecule has 7 heteroatoms. The number of anilines is 1. The maximum atomic E-state index is 6.36. The zero-order chi connectivity index (χ0) is 19.4. The fourth-order valence-corrected chi connectivity index (χ4v) is 3.78. The first-order valence-corrected chi connectivity index (χ1v) is 9.53. The van der Waals surface area contributed by atoms with Gasteiger partial charge in [0.1, 0.15) is 0 Å². The summed E-state index contributed by atoms with van der Waals surface area (Å²) in [5, 5.41) is 1.21. The molecule has 0 amide bonds. The van der Waals surface area contributed by atoms with Crippen molar-refractivity contribution in [3.8, 4) is 17.2 Å². The largest absolute Gasteiger partial charge is 0.493 e. The molecule has 27 heavy (non-hydrogen) atoms. The van der Waals surface area contributed by atoms with Crippen molar-refractivity contribution < 1.29 is 14.2 Å². The number of benzene rings is 2. The summed E-state index contributed by atoms with van der Waals surface area (Å²) in [4.78, 5) is 4.68. The number of piperazine rings is 1. The average Bonchev–Trinajstić information content (AvgIpc) is 2.70. The molecule has 0 N–H and O–H groups in total. The van der Waals surface area contributed by atoms with Crippen LogP contribution in [0.4, 0.5) is 5.69 Å². The van der Waals surface area contributed by atoms with Gasteiger partial charge >= 0.3 is 0 Å². The van der Waals surface area contributed by atoms with E-state index in [1.165, 1.54) is 0 Å². The summed E-state index contributed by atoms with van der Waals surface area (Å²) in [7, 11) is 4.88. The van der Waals surface area contributed by atoms with Gasteiger partial charge in [0.05, 0.1) is 37.1 Å². The van der Waals surface area contributed by atoms with Crippen molar-refractivity contribution in [1.29, 1.82) is 0 Å². The van der Waals surface area contributed by atoms with Crippen molar-refractivity contribution in [2.24, 2.45) is 0 Å². The van der Waals surface area contributed by atoms with Crippen LogP contribution in [0, 0.1) is 0 Å². The molecule has 0 atom stereocenters. The van der Waals surface area contributed by atoms with E-state index in [-0.39, 0.29) is 0 Å². The van der Waals surface area contributed by atoms with Crippen molar-refractivity contribution in [2.45, 2.75) is 6.54 Å². The standard InChI is InChI=1S/C20H24Cl2N2O3/c1-25-17-11-14(12-18(26-2)20(17)27-3)13-23-7-9-24(10-8-23)16-6-4-5-15(21)19(16)22/h4-6,11-12H,7-10,13H2,1-3H3. The Morgan fingerprint density at radius 2 is 1.52 bits per heavy atom. The van der Waals surface area contributed by atoms with Crippen molar-refractivity contribution in [2.75, 3.05) is 52.4 Å². The number of ether oxygens (including phenoxy) is 3. The minimum Gasteiger partial charge on any atom is -0.493 e. The lowest BCUT2D eigenvalue weighted by molar-refractivity contribution is 0.248. The molecule has 2 aromatic carbocycles. The molecule has 0 aromatic heterocycles. The van der Waals surface area contributed by atoms with Crippen LogP contribution in [0.3, 0.4) is 0 Å². The van der Waals surface area contributed by atoms with Crippen molar-refractivity contribution in [1.82, 2.24) is 4.90 Å².